The molecule has 1 fully saturated rings. The van der Waals surface area contributed by atoms with E-state index in [-0.39, 0.29) is 6.23 Å². The summed E-state index contributed by atoms with van der Waals surface area (Å²) < 4.78 is 0. The van der Waals surface area contributed by atoms with Gasteiger partial charge >= 0.3 is 0 Å². The molecular weight excluding hydrogens is 214 g/mol. The summed E-state index contributed by atoms with van der Waals surface area (Å²) in [6, 6.07) is 0. The van der Waals surface area contributed by atoms with Crippen molar-refractivity contribution in [3.63, 3.8) is 0 Å². The van der Waals surface area contributed by atoms with Crippen LogP contribution in [0.25, 0.3) is 0 Å². The SMILES string of the molecule is CCC(CC)C(O)N1CCN=C1N1CCCC1. The third-order valence-corrected chi connectivity index (χ3v) is 4.03. The minimum absolute atomic E-state index is 0.355. The molecule has 2 aliphatic heterocycles. The third-order valence-electron chi connectivity index (χ3n) is 4.03. The van der Waals surface area contributed by atoms with Crippen LogP contribution in [0.3, 0.4) is 0 Å². The van der Waals surface area contributed by atoms with Gasteiger partial charge in [-0.05, 0) is 25.7 Å². The first-order valence-electron chi connectivity index (χ1n) is 7.02. The summed E-state index contributed by atoms with van der Waals surface area (Å²) in [7, 11) is 0. The van der Waals surface area contributed by atoms with Gasteiger partial charge in [-0.3, -0.25) is 4.99 Å². The first-order chi connectivity index (χ1) is 8.27. The van der Waals surface area contributed by atoms with Crippen molar-refractivity contribution in [2.75, 3.05) is 26.2 Å². The number of aliphatic hydroxyl groups excluding tert-OH is 1. The van der Waals surface area contributed by atoms with Crippen molar-refractivity contribution in [1.29, 1.82) is 0 Å². The molecular formula is C13H25N3O. The summed E-state index contributed by atoms with van der Waals surface area (Å²) in [4.78, 5) is 9.03. The van der Waals surface area contributed by atoms with Crippen LogP contribution < -0.4 is 0 Å². The van der Waals surface area contributed by atoms with Crippen molar-refractivity contribution < 1.29 is 5.11 Å². The standard InChI is InChI=1S/C13H25N3O/c1-3-11(4-2)12(17)16-10-7-14-13(16)15-8-5-6-9-15/h11-12,17H,3-10H2,1-2H3. The maximum Gasteiger partial charge on any atom is 0.198 e. The third kappa shape index (κ3) is 2.57. The lowest BCUT2D eigenvalue weighted by atomic mass is 10.0. The van der Waals surface area contributed by atoms with Gasteiger partial charge in [-0.15, -0.1) is 0 Å². The van der Waals surface area contributed by atoms with E-state index >= 15 is 0 Å². The van der Waals surface area contributed by atoms with Crippen LogP contribution in [0.15, 0.2) is 4.99 Å². The molecule has 1 atom stereocenters. The highest BCUT2D eigenvalue weighted by molar-refractivity contribution is 5.82. The van der Waals surface area contributed by atoms with Crippen LogP contribution in [0.1, 0.15) is 39.5 Å². The van der Waals surface area contributed by atoms with E-state index in [1.54, 1.807) is 0 Å². The predicted octanol–water partition coefficient (Wildman–Crippen LogP) is 1.51. The molecule has 0 aromatic carbocycles. The molecule has 2 heterocycles. The topological polar surface area (TPSA) is 39.1 Å². The lowest BCUT2D eigenvalue weighted by Gasteiger charge is -2.34. The summed E-state index contributed by atoms with van der Waals surface area (Å²) in [6.07, 6.45) is 4.22. The Hall–Kier alpha value is -0.770. The number of nitrogens with zero attached hydrogens (tertiary/aromatic N) is 3. The molecule has 4 nitrogen and oxygen atoms in total. The summed E-state index contributed by atoms with van der Waals surface area (Å²) in [5, 5.41) is 10.5. The highest BCUT2D eigenvalue weighted by atomic mass is 16.3. The molecule has 1 unspecified atom stereocenters. The largest absolute Gasteiger partial charge is 0.373 e. The molecule has 98 valence electrons. The molecule has 4 heteroatoms. The minimum atomic E-state index is -0.355. The molecule has 1 N–H and O–H groups in total. The van der Waals surface area contributed by atoms with Gasteiger partial charge < -0.3 is 14.9 Å². The number of hydrogen-bond donors (Lipinski definition) is 1. The Morgan fingerprint density at radius 3 is 2.41 bits per heavy atom. The summed E-state index contributed by atoms with van der Waals surface area (Å²) in [5.74, 6) is 1.41. The Bertz CT molecular complexity index is 270. The van der Waals surface area contributed by atoms with E-state index in [0.717, 1.165) is 45.0 Å². The van der Waals surface area contributed by atoms with Crippen molar-refractivity contribution in [3.8, 4) is 0 Å². The average Bonchev–Trinajstić information content (AvgIpc) is 3.01. The van der Waals surface area contributed by atoms with Gasteiger partial charge in [0.25, 0.3) is 0 Å². The Morgan fingerprint density at radius 1 is 1.18 bits per heavy atom. The van der Waals surface area contributed by atoms with Gasteiger partial charge in [-0.1, -0.05) is 13.8 Å². The average molecular weight is 239 g/mol. The van der Waals surface area contributed by atoms with Gasteiger partial charge in [-0.25, -0.2) is 0 Å². The summed E-state index contributed by atoms with van der Waals surface area (Å²) >= 11 is 0. The van der Waals surface area contributed by atoms with Crippen molar-refractivity contribution >= 4 is 5.96 Å². The zero-order valence-corrected chi connectivity index (χ0v) is 11.1. The molecule has 0 aromatic rings. The Labute approximate surface area is 104 Å². The van der Waals surface area contributed by atoms with Crippen molar-refractivity contribution in [2.45, 2.75) is 45.8 Å². The van der Waals surface area contributed by atoms with E-state index in [2.05, 4.69) is 28.6 Å². The minimum Gasteiger partial charge on any atom is -0.373 e. The fourth-order valence-electron chi connectivity index (χ4n) is 2.86. The fraction of sp³-hybridized carbons (Fsp3) is 0.923. The van der Waals surface area contributed by atoms with E-state index in [9.17, 15) is 5.11 Å². The van der Waals surface area contributed by atoms with E-state index < -0.39 is 0 Å². The Kier molecular flexibility index (Phi) is 4.26. The molecule has 17 heavy (non-hydrogen) atoms. The molecule has 0 amide bonds. The zero-order chi connectivity index (χ0) is 12.3. The van der Waals surface area contributed by atoms with E-state index in [0.29, 0.717) is 5.92 Å². The molecule has 2 rings (SSSR count). The number of guanidine groups is 1. The first kappa shape index (κ1) is 12.7. The quantitative estimate of drug-likeness (QED) is 0.808. The number of rotatable bonds is 4. The molecule has 0 aromatic heterocycles. The van der Waals surface area contributed by atoms with Crippen LogP contribution in [0, 0.1) is 5.92 Å². The van der Waals surface area contributed by atoms with Crippen LogP contribution >= 0.6 is 0 Å². The second-order valence-electron chi connectivity index (χ2n) is 5.06. The molecule has 1 saturated heterocycles. The van der Waals surface area contributed by atoms with Crippen LogP contribution in [0.5, 0.6) is 0 Å². The first-order valence-corrected chi connectivity index (χ1v) is 7.02. The Morgan fingerprint density at radius 2 is 1.82 bits per heavy atom. The molecule has 0 spiro atoms. The van der Waals surface area contributed by atoms with Gasteiger partial charge in [-0.2, -0.15) is 0 Å². The maximum absolute atomic E-state index is 10.5. The number of aliphatic hydroxyl groups is 1. The number of likely N-dealkylation sites (tertiary alicyclic amines) is 1. The van der Waals surface area contributed by atoms with E-state index in [1.807, 2.05) is 0 Å². The lowest BCUT2D eigenvalue weighted by Crippen LogP contribution is -2.48. The van der Waals surface area contributed by atoms with Crippen molar-refractivity contribution in [1.82, 2.24) is 9.80 Å². The fourth-order valence-corrected chi connectivity index (χ4v) is 2.86. The van der Waals surface area contributed by atoms with E-state index in [4.69, 9.17) is 0 Å². The van der Waals surface area contributed by atoms with Crippen LogP contribution in [0.2, 0.25) is 0 Å². The normalized spacial score (nSPS) is 22.5. The maximum atomic E-state index is 10.5. The molecule has 0 bridgehead atoms. The van der Waals surface area contributed by atoms with Gasteiger partial charge in [0.1, 0.15) is 6.23 Å². The molecule has 0 saturated carbocycles. The zero-order valence-electron chi connectivity index (χ0n) is 11.1. The molecule has 0 radical (unpaired) electrons. The van der Waals surface area contributed by atoms with Crippen molar-refractivity contribution in [3.05, 3.63) is 0 Å². The summed E-state index contributed by atoms with van der Waals surface area (Å²) in [5.41, 5.74) is 0. The van der Waals surface area contributed by atoms with Gasteiger partial charge in [0.15, 0.2) is 5.96 Å². The smallest absolute Gasteiger partial charge is 0.198 e. The van der Waals surface area contributed by atoms with E-state index in [1.165, 1.54) is 12.8 Å². The number of aliphatic imine (C=N–C) groups is 1. The highest BCUT2D eigenvalue weighted by Gasteiger charge is 2.32. The monoisotopic (exact) mass is 239 g/mol. The van der Waals surface area contributed by atoms with Crippen molar-refractivity contribution in [2.24, 2.45) is 10.9 Å². The lowest BCUT2D eigenvalue weighted by molar-refractivity contribution is -0.00143. The van der Waals surface area contributed by atoms with Crippen LogP contribution in [-0.2, 0) is 0 Å². The second kappa shape index (κ2) is 5.71. The highest BCUT2D eigenvalue weighted by Crippen LogP contribution is 2.22. The van der Waals surface area contributed by atoms with Crippen LogP contribution in [0.4, 0.5) is 0 Å². The van der Waals surface area contributed by atoms with Gasteiger partial charge in [0.05, 0.1) is 6.54 Å². The number of hydrogen-bond acceptors (Lipinski definition) is 4. The second-order valence-corrected chi connectivity index (χ2v) is 5.06. The molecule has 2 aliphatic rings. The Balaban J connectivity index is 2.02. The predicted molar refractivity (Wildman–Crippen MR) is 69.9 cm³/mol. The van der Waals surface area contributed by atoms with Crippen LogP contribution in [-0.4, -0.2) is 53.3 Å². The van der Waals surface area contributed by atoms with Gasteiger partial charge in [0.2, 0.25) is 0 Å². The van der Waals surface area contributed by atoms with Gasteiger partial charge in [0, 0.05) is 25.6 Å². The summed E-state index contributed by atoms with van der Waals surface area (Å²) in [6.45, 7) is 8.22. The molecule has 0 aliphatic carbocycles.